The van der Waals surface area contributed by atoms with Crippen LogP contribution in [0.1, 0.15) is 12.5 Å². The third-order valence-corrected chi connectivity index (χ3v) is 3.01. The van der Waals surface area contributed by atoms with E-state index in [0.717, 1.165) is 16.3 Å². The first-order chi connectivity index (χ1) is 10.0. The van der Waals surface area contributed by atoms with Gasteiger partial charge in [0.05, 0.1) is 7.11 Å². The fraction of sp³-hybridized carbons (Fsp3) is 0.125. The van der Waals surface area contributed by atoms with Gasteiger partial charge in [0.15, 0.2) is 0 Å². The molecular formula is C16H16N2O3. The Labute approximate surface area is 122 Å². The number of nitrogen functional groups attached to an aromatic ring is 1. The second kappa shape index (κ2) is 6.09. The summed E-state index contributed by atoms with van der Waals surface area (Å²) in [6.45, 7) is 1.33. The van der Waals surface area contributed by atoms with Gasteiger partial charge in [-0.05, 0) is 23.1 Å². The Morgan fingerprint density at radius 3 is 2.43 bits per heavy atom. The Kier molecular flexibility index (Phi) is 4.23. The molecule has 0 radical (unpaired) electrons. The topological polar surface area (TPSA) is 81.4 Å². The molecule has 5 nitrogen and oxygen atoms in total. The van der Waals surface area contributed by atoms with Gasteiger partial charge in [-0.25, -0.2) is 4.79 Å². The Morgan fingerprint density at radius 1 is 1.14 bits per heavy atom. The summed E-state index contributed by atoms with van der Waals surface area (Å²) in [6, 6.07) is 11.1. The van der Waals surface area contributed by atoms with Gasteiger partial charge in [0.2, 0.25) is 5.91 Å². The van der Waals surface area contributed by atoms with Crippen molar-refractivity contribution in [2.24, 2.45) is 0 Å². The van der Waals surface area contributed by atoms with Gasteiger partial charge in [-0.3, -0.25) is 4.79 Å². The zero-order chi connectivity index (χ0) is 15.4. The summed E-state index contributed by atoms with van der Waals surface area (Å²) in [5.74, 6) is -0.947. The molecule has 0 heterocycles. The minimum atomic E-state index is -0.605. The summed E-state index contributed by atoms with van der Waals surface area (Å²) in [4.78, 5) is 22.9. The van der Waals surface area contributed by atoms with E-state index >= 15 is 0 Å². The molecule has 0 saturated heterocycles. The van der Waals surface area contributed by atoms with E-state index in [1.807, 2.05) is 24.3 Å². The van der Waals surface area contributed by atoms with Gasteiger partial charge in [0, 0.05) is 18.0 Å². The number of carbonyl (C=O) groups excluding carboxylic acids is 2. The normalized spacial score (nSPS) is 11.2. The van der Waals surface area contributed by atoms with Crippen LogP contribution in [0.15, 0.2) is 42.1 Å². The first kappa shape index (κ1) is 14.6. The van der Waals surface area contributed by atoms with Crippen LogP contribution in [0, 0.1) is 0 Å². The summed E-state index contributed by atoms with van der Waals surface area (Å²) in [6.07, 6.45) is 1.58. The number of esters is 1. The monoisotopic (exact) mass is 284 g/mol. The molecule has 2 aromatic carbocycles. The quantitative estimate of drug-likeness (QED) is 0.513. The van der Waals surface area contributed by atoms with E-state index in [1.54, 1.807) is 18.2 Å². The number of nitrogens with two attached hydrogens (primary N) is 1. The lowest BCUT2D eigenvalue weighted by atomic mass is 10.0. The summed E-state index contributed by atoms with van der Waals surface area (Å²) in [5.41, 5.74) is 7.45. The van der Waals surface area contributed by atoms with Crippen molar-refractivity contribution < 1.29 is 14.3 Å². The lowest BCUT2D eigenvalue weighted by Crippen LogP contribution is -2.25. The number of benzene rings is 2. The summed E-state index contributed by atoms with van der Waals surface area (Å²) in [7, 11) is 1.26. The zero-order valence-electron chi connectivity index (χ0n) is 11.8. The molecule has 0 fully saturated rings. The second-order valence-corrected chi connectivity index (χ2v) is 4.52. The van der Waals surface area contributed by atoms with Gasteiger partial charge in [-0.2, -0.15) is 0 Å². The molecule has 2 rings (SSSR count). The van der Waals surface area contributed by atoms with Crippen LogP contribution >= 0.6 is 0 Å². The van der Waals surface area contributed by atoms with Gasteiger partial charge in [0.25, 0.3) is 0 Å². The lowest BCUT2D eigenvalue weighted by molar-refractivity contribution is -0.137. The SMILES string of the molecule is COC(=O)/C(=C\c1ccc(N)c2ccccc12)NC(C)=O. The van der Waals surface area contributed by atoms with Gasteiger partial charge >= 0.3 is 5.97 Å². The van der Waals surface area contributed by atoms with Crippen LogP contribution in [0.3, 0.4) is 0 Å². The highest BCUT2D eigenvalue weighted by Crippen LogP contribution is 2.26. The van der Waals surface area contributed by atoms with E-state index in [4.69, 9.17) is 5.73 Å². The first-order valence-corrected chi connectivity index (χ1v) is 6.37. The fourth-order valence-corrected chi connectivity index (χ4v) is 2.07. The van der Waals surface area contributed by atoms with E-state index in [0.29, 0.717) is 5.69 Å². The number of ether oxygens (including phenoxy) is 1. The first-order valence-electron chi connectivity index (χ1n) is 6.37. The van der Waals surface area contributed by atoms with E-state index in [9.17, 15) is 9.59 Å². The molecule has 0 aromatic heterocycles. The third kappa shape index (κ3) is 3.20. The largest absolute Gasteiger partial charge is 0.464 e. The molecule has 1 amide bonds. The number of hydrogen-bond donors (Lipinski definition) is 2. The van der Waals surface area contributed by atoms with Crippen LogP contribution in [-0.4, -0.2) is 19.0 Å². The van der Waals surface area contributed by atoms with E-state index in [-0.39, 0.29) is 11.6 Å². The molecule has 0 saturated carbocycles. The Balaban J connectivity index is 2.58. The number of carbonyl (C=O) groups is 2. The number of amides is 1. The van der Waals surface area contributed by atoms with E-state index in [2.05, 4.69) is 10.1 Å². The molecule has 0 aliphatic carbocycles. The van der Waals surface area contributed by atoms with Gasteiger partial charge in [-0.15, -0.1) is 0 Å². The highest BCUT2D eigenvalue weighted by molar-refractivity contribution is 6.03. The number of anilines is 1. The predicted molar refractivity (Wildman–Crippen MR) is 82.2 cm³/mol. The number of hydrogen-bond acceptors (Lipinski definition) is 4. The lowest BCUT2D eigenvalue weighted by Gasteiger charge is -2.09. The fourth-order valence-electron chi connectivity index (χ4n) is 2.07. The van der Waals surface area contributed by atoms with Crippen molar-refractivity contribution in [2.45, 2.75) is 6.92 Å². The molecule has 0 atom stereocenters. The van der Waals surface area contributed by atoms with Crippen molar-refractivity contribution in [1.82, 2.24) is 5.32 Å². The van der Waals surface area contributed by atoms with Crippen molar-refractivity contribution in [2.75, 3.05) is 12.8 Å². The smallest absolute Gasteiger partial charge is 0.354 e. The van der Waals surface area contributed by atoms with Crippen LogP contribution in [-0.2, 0) is 14.3 Å². The number of nitrogens with one attached hydrogen (secondary N) is 1. The van der Waals surface area contributed by atoms with E-state index < -0.39 is 5.97 Å². The van der Waals surface area contributed by atoms with E-state index in [1.165, 1.54) is 14.0 Å². The second-order valence-electron chi connectivity index (χ2n) is 4.52. The molecule has 0 aliphatic rings. The van der Waals surface area contributed by atoms with Crippen LogP contribution in [0.2, 0.25) is 0 Å². The molecule has 108 valence electrons. The van der Waals surface area contributed by atoms with Crippen LogP contribution in [0.5, 0.6) is 0 Å². The standard InChI is InChI=1S/C16H16N2O3/c1-10(19)18-15(16(20)21-2)9-11-7-8-14(17)13-6-4-3-5-12(11)13/h3-9H,17H2,1-2H3,(H,18,19)/b15-9+. The molecule has 0 unspecified atom stereocenters. The average molecular weight is 284 g/mol. The Morgan fingerprint density at radius 2 is 1.81 bits per heavy atom. The summed E-state index contributed by atoms with van der Waals surface area (Å²) >= 11 is 0. The maximum absolute atomic E-state index is 11.7. The van der Waals surface area contributed by atoms with Crippen molar-refractivity contribution in [3.63, 3.8) is 0 Å². The number of rotatable bonds is 3. The van der Waals surface area contributed by atoms with Crippen molar-refractivity contribution in [3.8, 4) is 0 Å². The molecule has 21 heavy (non-hydrogen) atoms. The van der Waals surface area contributed by atoms with Crippen LogP contribution in [0.25, 0.3) is 16.8 Å². The predicted octanol–water partition coefficient (Wildman–Crippen LogP) is 2.07. The Bertz CT molecular complexity index is 735. The average Bonchev–Trinajstić information content (AvgIpc) is 2.48. The van der Waals surface area contributed by atoms with Crippen LogP contribution < -0.4 is 11.1 Å². The maximum atomic E-state index is 11.7. The molecular weight excluding hydrogens is 268 g/mol. The highest BCUT2D eigenvalue weighted by Gasteiger charge is 2.12. The molecule has 0 spiro atoms. The third-order valence-electron chi connectivity index (χ3n) is 3.01. The molecule has 5 heteroatoms. The van der Waals surface area contributed by atoms with Crippen molar-refractivity contribution in [3.05, 3.63) is 47.7 Å². The van der Waals surface area contributed by atoms with Crippen molar-refractivity contribution in [1.29, 1.82) is 0 Å². The highest BCUT2D eigenvalue weighted by atomic mass is 16.5. The number of methoxy groups -OCH3 is 1. The van der Waals surface area contributed by atoms with Crippen molar-refractivity contribution >= 4 is 34.4 Å². The van der Waals surface area contributed by atoms with Crippen LogP contribution in [0.4, 0.5) is 5.69 Å². The molecule has 0 bridgehead atoms. The molecule has 2 aromatic rings. The summed E-state index contributed by atoms with van der Waals surface area (Å²) < 4.78 is 4.67. The molecule has 0 aliphatic heterocycles. The minimum Gasteiger partial charge on any atom is -0.464 e. The van der Waals surface area contributed by atoms with Gasteiger partial charge in [-0.1, -0.05) is 30.3 Å². The summed E-state index contributed by atoms with van der Waals surface area (Å²) in [5, 5.41) is 4.25. The van der Waals surface area contributed by atoms with Gasteiger partial charge < -0.3 is 15.8 Å². The minimum absolute atomic E-state index is 0.0833. The Hall–Kier alpha value is -2.82. The zero-order valence-corrected chi connectivity index (χ0v) is 11.8. The van der Waals surface area contributed by atoms with Gasteiger partial charge in [0.1, 0.15) is 5.70 Å². The molecule has 3 N–H and O–H groups in total. The number of fused-ring (bicyclic) bond motifs is 1. The maximum Gasteiger partial charge on any atom is 0.354 e.